The Morgan fingerprint density at radius 2 is 1.82 bits per heavy atom. The van der Waals surface area contributed by atoms with Crippen LogP contribution in [-0.4, -0.2) is 49.7 Å². The van der Waals surface area contributed by atoms with Gasteiger partial charge in [0.1, 0.15) is 5.75 Å². The third-order valence-electron chi connectivity index (χ3n) is 6.43. The zero-order valence-corrected chi connectivity index (χ0v) is 19.5. The molecule has 1 aliphatic rings. The van der Waals surface area contributed by atoms with Crippen molar-refractivity contribution in [3.05, 3.63) is 83.7 Å². The Bertz CT molecular complexity index is 1030. The molecule has 4 rings (SSSR count). The highest BCUT2D eigenvalue weighted by atomic mass is 16.5. The molecule has 0 saturated carbocycles. The van der Waals surface area contributed by atoms with E-state index in [1.165, 1.54) is 16.7 Å². The van der Waals surface area contributed by atoms with E-state index in [2.05, 4.69) is 57.1 Å². The SMILES string of the molecule is CN=C(NCc1ccccc1Cn1cccn1)NCC1(c2ccc(OC)cc2)CCOCC1. The van der Waals surface area contributed by atoms with Gasteiger partial charge in [-0.15, -0.1) is 0 Å². The number of methoxy groups -OCH3 is 1. The Morgan fingerprint density at radius 3 is 2.48 bits per heavy atom. The Hall–Kier alpha value is -3.32. The van der Waals surface area contributed by atoms with Gasteiger partial charge in [-0.05, 0) is 47.7 Å². The van der Waals surface area contributed by atoms with Gasteiger partial charge < -0.3 is 20.1 Å². The summed E-state index contributed by atoms with van der Waals surface area (Å²) in [6.45, 7) is 3.76. The van der Waals surface area contributed by atoms with Crippen LogP contribution in [0.2, 0.25) is 0 Å². The number of nitrogens with zero attached hydrogens (tertiary/aromatic N) is 3. The van der Waals surface area contributed by atoms with Crippen molar-refractivity contribution in [1.29, 1.82) is 0 Å². The van der Waals surface area contributed by atoms with E-state index in [0.717, 1.165) is 50.9 Å². The number of hydrogen-bond acceptors (Lipinski definition) is 4. The van der Waals surface area contributed by atoms with Crippen molar-refractivity contribution < 1.29 is 9.47 Å². The lowest BCUT2D eigenvalue weighted by Crippen LogP contribution is -2.48. The van der Waals surface area contributed by atoms with Crippen LogP contribution in [0.1, 0.15) is 29.5 Å². The molecular formula is C26H33N5O2. The van der Waals surface area contributed by atoms with Gasteiger partial charge in [-0.2, -0.15) is 5.10 Å². The topological polar surface area (TPSA) is 72.7 Å². The van der Waals surface area contributed by atoms with Crippen molar-refractivity contribution >= 4 is 5.96 Å². The number of benzene rings is 2. The first kappa shape index (κ1) is 22.9. The first-order valence-corrected chi connectivity index (χ1v) is 11.4. The van der Waals surface area contributed by atoms with Gasteiger partial charge in [0.15, 0.2) is 5.96 Å². The number of guanidine groups is 1. The first-order valence-electron chi connectivity index (χ1n) is 11.4. The summed E-state index contributed by atoms with van der Waals surface area (Å²) in [5.41, 5.74) is 3.77. The molecule has 1 fully saturated rings. The first-order chi connectivity index (χ1) is 16.2. The average molecular weight is 448 g/mol. The van der Waals surface area contributed by atoms with Crippen LogP contribution in [0.5, 0.6) is 5.75 Å². The van der Waals surface area contributed by atoms with E-state index in [1.54, 1.807) is 7.11 Å². The highest BCUT2D eigenvalue weighted by Crippen LogP contribution is 2.35. The Kier molecular flexibility index (Phi) is 7.62. The van der Waals surface area contributed by atoms with Gasteiger partial charge in [-0.3, -0.25) is 9.67 Å². The molecule has 0 aliphatic carbocycles. The van der Waals surface area contributed by atoms with E-state index < -0.39 is 0 Å². The van der Waals surface area contributed by atoms with Crippen LogP contribution < -0.4 is 15.4 Å². The van der Waals surface area contributed by atoms with E-state index in [4.69, 9.17) is 9.47 Å². The number of rotatable bonds is 8. The molecule has 0 bridgehead atoms. The van der Waals surface area contributed by atoms with Gasteiger partial charge in [-0.25, -0.2) is 0 Å². The van der Waals surface area contributed by atoms with Crippen LogP contribution >= 0.6 is 0 Å². The lowest BCUT2D eigenvalue weighted by atomic mass is 9.74. The standard InChI is InChI=1S/C26H33N5O2/c1-27-25(28-18-21-6-3-4-7-22(21)19-31-15-5-14-30-31)29-20-26(12-16-33-17-13-26)23-8-10-24(32-2)11-9-23/h3-11,14-15H,12-13,16-20H2,1-2H3,(H2,27,28,29). The molecule has 33 heavy (non-hydrogen) atoms. The molecule has 2 N–H and O–H groups in total. The van der Waals surface area contributed by atoms with E-state index >= 15 is 0 Å². The maximum atomic E-state index is 5.68. The number of aromatic nitrogens is 2. The fourth-order valence-corrected chi connectivity index (χ4v) is 4.38. The van der Waals surface area contributed by atoms with Crippen molar-refractivity contribution in [3.63, 3.8) is 0 Å². The molecule has 0 amide bonds. The molecule has 2 aromatic carbocycles. The smallest absolute Gasteiger partial charge is 0.191 e. The minimum atomic E-state index is 0.000140. The second-order valence-electron chi connectivity index (χ2n) is 8.37. The van der Waals surface area contributed by atoms with Crippen LogP contribution in [0.4, 0.5) is 0 Å². The van der Waals surface area contributed by atoms with E-state index in [9.17, 15) is 0 Å². The van der Waals surface area contributed by atoms with Gasteiger partial charge in [0.2, 0.25) is 0 Å². The summed E-state index contributed by atoms with van der Waals surface area (Å²) in [5, 5.41) is 11.4. The van der Waals surface area contributed by atoms with Crippen molar-refractivity contribution in [2.75, 3.05) is 33.9 Å². The van der Waals surface area contributed by atoms with Gasteiger partial charge >= 0.3 is 0 Å². The molecule has 2 heterocycles. The largest absolute Gasteiger partial charge is 0.497 e. The zero-order valence-electron chi connectivity index (χ0n) is 19.5. The Balaban J connectivity index is 1.41. The van der Waals surface area contributed by atoms with Crippen LogP contribution in [0.25, 0.3) is 0 Å². The molecule has 7 nitrogen and oxygen atoms in total. The predicted molar refractivity (Wildman–Crippen MR) is 131 cm³/mol. The normalized spacial score (nSPS) is 15.8. The lowest BCUT2D eigenvalue weighted by Gasteiger charge is -2.38. The molecular weight excluding hydrogens is 414 g/mol. The summed E-state index contributed by atoms with van der Waals surface area (Å²) in [6, 6.07) is 18.8. The Labute approximate surface area is 195 Å². The molecule has 0 unspecified atom stereocenters. The molecule has 0 radical (unpaired) electrons. The fourth-order valence-electron chi connectivity index (χ4n) is 4.38. The maximum Gasteiger partial charge on any atom is 0.191 e. The van der Waals surface area contributed by atoms with E-state index in [0.29, 0.717) is 6.54 Å². The molecule has 0 spiro atoms. The molecule has 3 aromatic rings. The highest BCUT2D eigenvalue weighted by Gasteiger charge is 2.34. The highest BCUT2D eigenvalue weighted by molar-refractivity contribution is 5.79. The van der Waals surface area contributed by atoms with Gasteiger partial charge in [-0.1, -0.05) is 36.4 Å². The summed E-state index contributed by atoms with van der Waals surface area (Å²) < 4.78 is 13.0. The molecule has 1 saturated heterocycles. The summed E-state index contributed by atoms with van der Waals surface area (Å²) >= 11 is 0. The van der Waals surface area contributed by atoms with Crippen molar-refractivity contribution in [3.8, 4) is 5.75 Å². The second kappa shape index (κ2) is 11.0. The van der Waals surface area contributed by atoms with Crippen LogP contribution in [0, 0.1) is 0 Å². The van der Waals surface area contributed by atoms with Crippen LogP contribution in [-0.2, 0) is 23.2 Å². The summed E-state index contributed by atoms with van der Waals surface area (Å²) in [7, 11) is 3.51. The van der Waals surface area contributed by atoms with Crippen LogP contribution in [0.3, 0.4) is 0 Å². The third-order valence-corrected chi connectivity index (χ3v) is 6.43. The Morgan fingerprint density at radius 1 is 1.06 bits per heavy atom. The second-order valence-corrected chi connectivity index (χ2v) is 8.37. The van der Waals surface area contributed by atoms with E-state index in [1.807, 2.05) is 42.3 Å². The number of aliphatic imine (C=N–C) groups is 1. The van der Waals surface area contributed by atoms with Crippen molar-refractivity contribution in [1.82, 2.24) is 20.4 Å². The van der Waals surface area contributed by atoms with Gasteiger partial charge in [0, 0.05) is 51.2 Å². The quantitative estimate of drug-likeness (QED) is 0.409. The number of ether oxygens (including phenoxy) is 2. The van der Waals surface area contributed by atoms with E-state index in [-0.39, 0.29) is 5.41 Å². The fraction of sp³-hybridized carbons (Fsp3) is 0.385. The monoisotopic (exact) mass is 447 g/mol. The minimum absolute atomic E-state index is 0.000140. The summed E-state index contributed by atoms with van der Waals surface area (Å²) in [4.78, 5) is 4.47. The van der Waals surface area contributed by atoms with Crippen LogP contribution in [0.15, 0.2) is 72.0 Å². The maximum absolute atomic E-state index is 5.68. The molecule has 0 atom stereocenters. The molecule has 174 valence electrons. The summed E-state index contributed by atoms with van der Waals surface area (Å²) in [6.07, 6.45) is 5.73. The lowest BCUT2D eigenvalue weighted by molar-refractivity contribution is 0.0513. The van der Waals surface area contributed by atoms with Crippen molar-refractivity contribution in [2.24, 2.45) is 4.99 Å². The molecule has 1 aliphatic heterocycles. The molecule has 1 aromatic heterocycles. The number of hydrogen-bond donors (Lipinski definition) is 2. The third kappa shape index (κ3) is 5.73. The average Bonchev–Trinajstić information content (AvgIpc) is 3.39. The van der Waals surface area contributed by atoms with Gasteiger partial charge in [0.25, 0.3) is 0 Å². The van der Waals surface area contributed by atoms with Crippen molar-refractivity contribution in [2.45, 2.75) is 31.3 Å². The summed E-state index contributed by atoms with van der Waals surface area (Å²) in [5.74, 6) is 1.67. The minimum Gasteiger partial charge on any atom is -0.497 e. The number of nitrogens with one attached hydrogen (secondary N) is 2. The zero-order chi connectivity index (χ0) is 22.9. The van der Waals surface area contributed by atoms with Gasteiger partial charge in [0.05, 0.1) is 13.7 Å². The predicted octanol–water partition coefficient (Wildman–Crippen LogP) is 3.35. The molecule has 7 heteroatoms.